The summed E-state index contributed by atoms with van der Waals surface area (Å²) >= 11 is 5.85. The van der Waals surface area contributed by atoms with E-state index in [1.54, 1.807) is 18.2 Å². The van der Waals surface area contributed by atoms with Crippen molar-refractivity contribution in [1.29, 1.82) is 0 Å². The maximum atomic E-state index is 13.0. The summed E-state index contributed by atoms with van der Waals surface area (Å²) in [6, 6.07) is 11.2. The van der Waals surface area contributed by atoms with Crippen LogP contribution in [0.5, 0.6) is 0 Å². The van der Waals surface area contributed by atoms with Gasteiger partial charge in [0.15, 0.2) is 0 Å². The standard InChI is InChI=1S/C23H16ClN3O6/c1-12-3-5-15(9-13(12)2)26-22(29)18(21(28)25-23(26)30)11-16-6-8-20(33-16)17-7-4-14(24)10-19(17)27(31)32/h3-11H,1-2H3,(H,25,28,30)/b18-11+. The molecule has 4 rings (SSSR count). The van der Waals surface area contributed by atoms with Crippen LogP contribution in [-0.2, 0) is 9.59 Å². The normalized spacial score (nSPS) is 15.2. The number of nitrogens with zero attached hydrogens (tertiary/aromatic N) is 2. The fourth-order valence-corrected chi connectivity index (χ4v) is 3.50. The number of amides is 4. The van der Waals surface area contributed by atoms with Crippen molar-refractivity contribution >= 4 is 46.9 Å². The second-order valence-corrected chi connectivity index (χ2v) is 7.78. The van der Waals surface area contributed by atoms with E-state index in [1.165, 1.54) is 36.4 Å². The maximum absolute atomic E-state index is 13.0. The monoisotopic (exact) mass is 465 g/mol. The Hall–Kier alpha value is -4.24. The maximum Gasteiger partial charge on any atom is 0.335 e. The average Bonchev–Trinajstić information content (AvgIpc) is 3.22. The molecule has 2 heterocycles. The first-order valence-corrected chi connectivity index (χ1v) is 10.1. The number of barbiturate groups is 1. The van der Waals surface area contributed by atoms with Crippen molar-refractivity contribution in [3.63, 3.8) is 0 Å². The lowest BCUT2D eigenvalue weighted by atomic mass is 10.1. The van der Waals surface area contributed by atoms with Crippen LogP contribution in [0, 0.1) is 24.0 Å². The highest BCUT2D eigenvalue weighted by Crippen LogP contribution is 2.34. The minimum atomic E-state index is -0.875. The second-order valence-electron chi connectivity index (χ2n) is 7.35. The largest absolute Gasteiger partial charge is 0.456 e. The Kier molecular flexibility index (Phi) is 5.57. The summed E-state index contributed by atoms with van der Waals surface area (Å²) in [4.78, 5) is 49.4. The van der Waals surface area contributed by atoms with Crippen molar-refractivity contribution in [2.24, 2.45) is 0 Å². The lowest BCUT2D eigenvalue weighted by Crippen LogP contribution is -2.54. The minimum Gasteiger partial charge on any atom is -0.456 e. The minimum absolute atomic E-state index is 0.0992. The number of urea groups is 1. The summed E-state index contributed by atoms with van der Waals surface area (Å²) in [6.45, 7) is 3.74. The molecule has 1 fully saturated rings. The highest BCUT2D eigenvalue weighted by atomic mass is 35.5. The zero-order chi connectivity index (χ0) is 23.9. The number of hydrogen-bond acceptors (Lipinski definition) is 6. The number of aryl methyl sites for hydroxylation is 2. The highest BCUT2D eigenvalue weighted by Gasteiger charge is 2.37. The Bertz CT molecular complexity index is 1370. The van der Waals surface area contributed by atoms with Gasteiger partial charge in [0.2, 0.25) is 0 Å². The molecule has 0 radical (unpaired) electrons. The molecule has 10 heteroatoms. The molecule has 0 saturated carbocycles. The first kappa shape index (κ1) is 22.0. The molecular weight excluding hydrogens is 450 g/mol. The Morgan fingerprint density at radius 2 is 1.79 bits per heavy atom. The second kappa shape index (κ2) is 8.36. The molecule has 1 N–H and O–H groups in total. The number of nitro benzene ring substituents is 1. The van der Waals surface area contributed by atoms with Crippen molar-refractivity contribution in [2.75, 3.05) is 4.90 Å². The lowest BCUT2D eigenvalue weighted by molar-refractivity contribution is -0.384. The number of nitrogens with one attached hydrogen (secondary N) is 1. The Labute approximate surface area is 192 Å². The number of nitro groups is 1. The first-order chi connectivity index (χ1) is 15.7. The summed E-state index contributed by atoms with van der Waals surface area (Å²) < 4.78 is 5.64. The third-order valence-electron chi connectivity index (χ3n) is 5.19. The zero-order valence-electron chi connectivity index (χ0n) is 17.4. The molecule has 9 nitrogen and oxygen atoms in total. The molecule has 0 atom stereocenters. The molecule has 4 amide bonds. The predicted molar refractivity (Wildman–Crippen MR) is 121 cm³/mol. The van der Waals surface area contributed by atoms with E-state index in [-0.39, 0.29) is 33.4 Å². The van der Waals surface area contributed by atoms with Gasteiger partial charge in [-0.15, -0.1) is 0 Å². The van der Waals surface area contributed by atoms with Crippen LogP contribution in [0.25, 0.3) is 17.4 Å². The molecule has 0 bridgehead atoms. The third-order valence-corrected chi connectivity index (χ3v) is 5.42. The SMILES string of the molecule is Cc1ccc(N2C(=O)NC(=O)/C(=C\c3ccc(-c4ccc(Cl)cc4[N+](=O)[O-])o3)C2=O)cc1C. The molecule has 0 unspecified atom stereocenters. The number of carbonyl (C=O) groups excluding carboxylic acids is 3. The molecule has 1 saturated heterocycles. The van der Waals surface area contributed by atoms with Gasteiger partial charge < -0.3 is 4.42 Å². The highest BCUT2D eigenvalue weighted by molar-refractivity contribution is 6.39. The van der Waals surface area contributed by atoms with Crippen LogP contribution in [0.1, 0.15) is 16.9 Å². The van der Waals surface area contributed by atoms with Crippen LogP contribution in [0.4, 0.5) is 16.2 Å². The summed E-state index contributed by atoms with van der Waals surface area (Å²) in [7, 11) is 0. The topological polar surface area (TPSA) is 123 Å². The molecule has 0 aliphatic carbocycles. The summed E-state index contributed by atoms with van der Waals surface area (Å²) in [5.74, 6) is -1.44. The van der Waals surface area contributed by atoms with Gasteiger partial charge >= 0.3 is 6.03 Å². The molecule has 0 spiro atoms. The third kappa shape index (κ3) is 4.13. The van der Waals surface area contributed by atoms with Crippen LogP contribution in [-0.4, -0.2) is 22.8 Å². The quantitative estimate of drug-likeness (QED) is 0.256. The van der Waals surface area contributed by atoms with Crippen LogP contribution in [0.15, 0.2) is 58.5 Å². The number of rotatable bonds is 4. The van der Waals surface area contributed by atoms with Gasteiger partial charge in [-0.2, -0.15) is 0 Å². The smallest absolute Gasteiger partial charge is 0.335 e. The van der Waals surface area contributed by atoms with E-state index in [9.17, 15) is 24.5 Å². The number of benzene rings is 2. The van der Waals surface area contributed by atoms with Crippen LogP contribution in [0.3, 0.4) is 0 Å². The predicted octanol–water partition coefficient (Wildman–Crippen LogP) is 4.79. The van der Waals surface area contributed by atoms with Gasteiger partial charge in [-0.25, -0.2) is 9.69 Å². The van der Waals surface area contributed by atoms with Crippen molar-refractivity contribution in [2.45, 2.75) is 13.8 Å². The van der Waals surface area contributed by atoms with Gasteiger partial charge in [0, 0.05) is 11.1 Å². The van der Waals surface area contributed by atoms with Crippen molar-refractivity contribution < 1.29 is 23.7 Å². The number of halogens is 1. The number of carbonyl (C=O) groups is 3. The van der Waals surface area contributed by atoms with Crippen LogP contribution >= 0.6 is 11.6 Å². The Morgan fingerprint density at radius 1 is 1.03 bits per heavy atom. The fraction of sp³-hybridized carbons (Fsp3) is 0.0870. The molecule has 166 valence electrons. The molecule has 1 aromatic heterocycles. The number of imide groups is 2. The van der Waals surface area contributed by atoms with Crippen LogP contribution < -0.4 is 10.2 Å². The van der Waals surface area contributed by atoms with Gasteiger partial charge in [0.25, 0.3) is 17.5 Å². The average molecular weight is 466 g/mol. The zero-order valence-corrected chi connectivity index (χ0v) is 18.2. The first-order valence-electron chi connectivity index (χ1n) is 9.68. The van der Waals surface area contributed by atoms with E-state index in [0.29, 0.717) is 5.69 Å². The Balaban J connectivity index is 1.71. The van der Waals surface area contributed by atoms with Crippen molar-refractivity contribution in [3.8, 4) is 11.3 Å². The van der Waals surface area contributed by atoms with E-state index in [4.69, 9.17) is 16.0 Å². The molecule has 1 aliphatic rings. The van der Waals surface area contributed by atoms with Crippen molar-refractivity contribution in [1.82, 2.24) is 5.32 Å². The van der Waals surface area contributed by atoms with E-state index >= 15 is 0 Å². The Morgan fingerprint density at radius 3 is 2.48 bits per heavy atom. The molecule has 3 aromatic rings. The molecular formula is C23H16ClN3O6. The van der Waals surface area contributed by atoms with Crippen molar-refractivity contribution in [3.05, 3.63) is 86.1 Å². The molecule has 2 aromatic carbocycles. The van der Waals surface area contributed by atoms with E-state index in [2.05, 4.69) is 5.32 Å². The van der Waals surface area contributed by atoms with Crippen LogP contribution in [0.2, 0.25) is 5.02 Å². The number of furan rings is 1. The molecule has 33 heavy (non-hydrogen) atoms. The molecule has 1 aliphatic heterocycles. The van der Waals surface area contributed by atoms with E-state index in [1.807, 2.05) is 13.8 Å². The van der Waals surface area contributed by atoms with Gasteiger partial charge in [0.05, 0.1) is 16.2 Å². The lowest BCUT2D eigenvalue weighted by Gasteiger charge is -2.26. The van der Waals surface area contributed by atoms with Gasteiger partial charge in [0.1, 0.15) is 17.1 Å². The summed E-state index contributed by atoms with van der Waals surface area (Å²) in [5, 5.41) is 13.7. The van der Waals surface area contributed by atoms with Gasteiger partial charge in [-0.3, -0.25) is 25.0 Å². The number of anilines is 1. The van der Waals surface area contributed by atoms with E-state index < -0.39 is 22.8 Å². The summed E-state index contributed by atoms with van der Waals surface area (Å²) in [6.07, 6.45) is 1.18. The van der Waals surface area contributed by atoms with Gasteiger partial charge in [-0.1, -0.05) is 17.7 Å². The van der Waals surface area contributed by atoms with Gasteiger partial charge in [-0.05, 0) is 67.4 Å². The van der Waals surface area contributed by atoms with E-state index in [0.717, 1.165) is 16.0 Å². The summed E-state index contributed by atoms with van der Waals surface area (Å²) in [5.41, 5.74) is 1.77. The number of hydrogen-bond donors (Lipinski definition) is 1. The fourth-order valence-electron chi connectivity index (χ4n) is 3.34.